The molecule has 5 nitrogen and oxygen atoms in total. The molecule has 0 bridgehead atoms. The van der Waals surface area contributed by atoms with Gasteiger partial charge < -0.3 is 15.4 Å². The van der Waals surface area contributed by atoms with E-state index in [0.717, 1.165) is 45.2 Å². The molecule has 0 heterocycles. The van der Waals surface area contributed by atoms with Gasteiger partial charge in [-0.3, -0.25) is 4.79 Å². The molecule has 2 aromatic carbocycles. The molecular weight excluding hydrogens is 641 g/mol. The maximum Gasteiger partial charge on any atom is 0.337 e. The topological polar surface area (TPSA) is 67.4 Å². The lowest BCUT2D eigenvalue weighted by molar-refractivity contribution is -0.139. The summed E-state index contributed by atoms with van der Waals surface area (Å²) in [6.07, 6.45) is 12.8. The van der Waals surface area contributed by atoms with Crippen LogP contribution in [0.5, 0.6) is 0 Å². The first-order valence-corrected chi connectivity index (χ1v) is 20.4. The first-order chi connectivity index (χ1) is 24.8. The number of nitrogens with one attached hydrogen (secondary N) is 2. The Balaban J connectivity index is 1.18. The van der Waals surface area contributed by atoms with Crippen molar-refractivity contribution in [2.75, 3.05) is 20.2 Å². The number of hydrogen-bond donors (Lipinski definition) is 2. The van der Waals surface area contributed by atoms with Gasteiger partial charge in [0.25, 0.3) is 0 Å². The Bertz CT molecular complexity index is 1610. The maximum absolute atomic E-state index is 14.3. The summed E-state index contributed by atoms with van der Waals surface area (Å²) in [5.74, 6) is 3.86. The van der Waals surface area contributed by atoms with Crippen LogP contribution in [-0.2, 0) is 16.1 Å². The molecule has 0 aromatic heterocycles. The van der Waals surface area contributed by atoms with Gasteiger partial charge in [-0.25, -0.2) is 4.79 Å². The van der Waals surface area contributed by atoms with E-state index in [1.54, 1.807) is 0 Å². The minimum absolute atomic E-state index is 0.0238. The zero-order valence-corrected chi connectivity index (χ0v) is 33.2. The van der Waals surface area contributed by atoms with Gasteiger partial charge in [0, 0.05) is 19.6 Å². The van der Waals surface area contributed by atoms with Crippen molar-refractivity contribution >= 4 is 17.4 Å². The van der Waals surface area contributed by atoms with Crippen LogP contribution >= 0.6 is 0 Å². The molecule has 5 heteroatoms. The van der Waals surface area contributed by atoms with E-state index in [4.69, 9.17) is 4.74 Å². The number of methoxy groups -OCH3 is 1. The number of amides is 1. The van der Waals surface area contributed by atoms with E-state index in [1.807, 2.05) is 18.2 Å². The molecular formula is C47H66N2O3. The van der Waals surface area contributed by atoms with Crippen LogP contribution in [0.1, 0.15) is 121 Å². The van der Waals surface area contributed by atoms with Gasteiger partial charge in [0.2, 0.25) is 5.91 Å². The number of hydrogen-bond acceptors (Lipinski definition) is 4. The van der Waals surface area contributed by atoms with Crippen LogP contribution < -0.4 is 10.6 Å². The van der Waals surface area contributed by atoms with Crippen molar-refractivity contribution in [2.24, 2.45) is 57.7 Å². The molecule has 1 amide bonds. The normalized spacial score (nSPS) is 33.7. The van der Waals surface area contributed by atoms with Crippen LogP contribution in [-0.4, -0.2) is 32.1 Å². The fourth-order valence-electron chi connectivity index (χ4n) is 12.4. The highest BCUT2D eigenvalue weighted by Gasteiger charge is 2.59. The zero-order chi connectivity index (χ0) is 37.3. The van der Waals surface area contributed by atoms with Crippen molar-refractivity contribution in [1.82, 2.24) is 10.6 Å². The number of carbonyl (C=O) groups is 2. The third kappa shape index (κ3) is 7.20. The van der Waals surface area contributed by atoms with Gasteiger partial charge in [0.05, 0.1) is 18.1 Å². The van der Waals surface area contributed by atoms with Gasteiger partial charge in [0.1, 0.15) is 0 Å². The van der Waals surface area contributed by atoms with E-state index >= 15 is 0 Å². The molecule has 9 unspecified atom stereocenters. The Hall–Kier alpha value is -3.18. The molecule has 2 aromatic rings. The Kier molecular flexibility index (Phi) is 11.6. The summed E-state index contributed by atoms with van der Waals surface area (Å²) in [6.45, 7) is 21.5. The van der Waals surface area contributed by atoms with Crippen molar-refractivity contribution < 1.29 is 14.3 Å². The van der Waals surface area contributed by atoms with Gasteiger partial charge in [0.15, 0.2) is 0 Å². The van der Waals surface area contributed by atoms with Crippen molar-refractivity contribution in [3.63, 3.8) is 0 Å². The molecule has 0 aliphatic heterocycles. The molecule has 4 aliphatic carbocycles. The van der Waals surface area contributed by atoms with E-state index in [0.29, 0.717) is 59.4 Å². The van der Waals surface area contributed by atoms with Crippen molar-refractivity contribution in [1.29, 1.82) is 0 Å². The number of carbonyl (C=O) groups excluding carboxylic acids is 2. The Morgan fingerprint density at radius 1 is 0.885 bits per heavy atom. The fraction of sp³-hybridized carbons (Fsp3) is 0.617. The largest absolute Gasteiger partial charge is 0.465 e. The second kappa shape index (κ2) is 15.7. The molecule has 9 atom stereocenters. The van der Waals surface area contributed by atoms with Crippen molar-refractivity contribution in [2.45, 2.75) is 106 Å². The van der Waals surface area contributed by atoms with Gasteiger partial charge in [-0.15, -0.1) is 0 Å². The molecule has 3 fully saturated rings. The molecule has 6 rings (SSSR count). The van der Waals surface area contributed by atoms with Crippen LogP contribution in [0.2, 0.25) is 0 Å². The molecule has 0 saturated heterocycles. The highest BCUT2D eigenvalue weighted by atomic mass is 16.5. The Labute approximate surface area is 314 Å². The summed E-state index contributed by atoms with van der Waals surface area (Å²) in [4.78, 5) is 26.5. The predicted molar refractivity (Wildman–Crippen MR) is 213 cm³/mol. The first kappa shape index (κ1) is 38.5. The molecule has 0 spiro atoms. The lowest BCUT2D eigenvalue weighted by atomic mass is 9.45. The van der Waals surface area contributed by atoms with E-state index in [2.05, 4.69) is 101 Å². The SMILES string of the molecule is C=C(C)C1CCC2(C(=O)NCCNCc3ccccc3)CCC(C)C(CCC3C(C)CCC4C(C)(C)C(c5ccc(C(=O)OC)cc5)=CCC34C)C12. The summed E-state index contributed by atoms with van der Waals surface area (Å²) in [5, 5.41) is 6.95. The minimum atomic E-state index is -0.288. The van der Waals surface area contributed by atoms with E-state index in [9.17, 15) is 9.59 Å². The first-order valence-electron chi connectivity index (χ1n) is 20.4. The summed E-state index contributed by atoms with van der Waals surface area (Å²) in [7, 11) is 1.44. The van der Waals surface area contributed by atoms with Gasteiger partial charge in [-0.05, 0) is 139 Å². The summed E-state index contributed by atoms with van der Waals surface area (Å²) >= 11 is 0. The fourth-order valence-corrected chi connectivity index (χ4v) is 12.4. The van der Waals surface area contributed by atoms with E-state index in [1.165, 1.54) is 55.1 Å². The van der Waals surface area contributed by atoms with Gasteiger partial charge in [-0.2, -0.15) is 0 Å². The Morgan fingerprint density at radius 3 is 2.29 bits per heavy atom. The number of allylic oxidation sites excluding steroid dienone is 3. The number of rotatable bonds is 12. The van der Waals surface area contributed by atoms with Crippen molar-refractivity contribution in [3.05, 3.63) is 89.5 Å². The molecule has 282 valence electrons. The van der Waals surface area contributed by atoms with Gasteiger partial charge in [-0.1, -0.05) is 102 Å². The van der Waals surface area contributed by atoms with Gasteiger partial charge >= 0.3 is 5.97 Å². The lowest BCUT2D eigenvalue weighted by Gasteiger charge is -2.59. The van der Waals surface area contributed by atoms with Crippen molar-refractivity contribution in [3.8, 4) is 0 Å². The highest BCUT2D eigenvalue weighted by Crippen LogP contribution is 2.65. The quantitative estimate of drug-likeness (QED) is 0.131. The summed E-state index contributed by atoms with van der Waals surface area (Å²) in [5.41, 5.74) is 5.74. The predicted octanol–water partition coefficient (Wildman–Crippen LogP) is 10.3. The molecule has 2 N–H and O–H groups in total. The number of esters is 1. The standard InChI is InChI=1S/C47H66N2O3/c1-31(2)37-23-27-47(44(51)49-29-28-48-30-34-12-10-9-11-13-34)26-22-32(3)38(42(37)47)19-20-39-33(4)14-21-41-45(5,6)40(24-25-46(39,41)7)35-15-17-36(18-16-35)43(50)52-8/h9-13,15-18,24,32-33,37-39,41-42,48H,1,14,19-23,25-30H2,2-8H3,(H,49,51). The lowest BCUT2D eigenvalue weighted by Crippen LogP contribution is -2.53. The molecule has 4 aliphatic rings. The van der Waals surface area contributed by atoms with Crippen LogP contribution in [0.3, 0.4) is 0 Å². The summed E-state index contributed by atoms with van der Waals surface area (Å²) in [6, 6.07) is 18.5. The maximum atomic E-state index is 14.3. The number of benzene rings is 2. The molecule has 52 heavy (non-hydrogen) atoms. The number of ether oxygens (including phenoxy) is 1. The third-order valence-corrected chi connectivity index (χ3v) is 15.0. The van der Waals surface area contributed by atoms with E-state index in [-0.39, 0.29) is 22.2 Å². The van der Waals surface area contributed by atoms with E-state index < -0.39 is 0 Å². The molecule has 3 saturated carbocycles. The van der Waals surface area contributed by atoms with Crippen LogP contribution in [0.25, 0.3) is 5.57 Å². The molecule has 0 radical (unpaired) electrons. The summed E-state index contributed by atoms with van der Waals surface area (Å²) < 4.78 is 4.96. The average Bonchev–Trinajstić information content (AvgIpc) is 3.53. The second-order valence-electron chi connectivity index (χ2n) is 18.2. The third-order valence-electron chi connectivity index (χ3n) is 15.0. The zero-order valence-electron chi connectivity index (χ0n) is 33.2. The van der Waals surface area contributed by atoms with Crippen LogP contribution in [0.4, 0.5) is 0 Å². The highest BCUT2D eigenvalue weighted by molar-refractivity contribution is 5.90. The second-order valence-corrected chi connectivity index (χ2v) is 18.2. The Morgan fingerprint density at radius 2 is 1.60 bits per heavy atom. The van der Waals surface area contributed by atoms with Crippen LogP contribution in [0, 0.1) is 57.7 Å². The average molecular weight is 707 g/mol. The minimum Gasteiger partial charge on any atom is -0.465 e. The monoisotopic (exact) mass is 707 g/mol. The number of fused-ring (bicyclic) bond motifs is 2. The smallest absolute Gasteiger partial charge is 0.337 e. The van der Waals surface area contributed by atoms with Crippen LogP contribution in [0.15, 0.2) is 72.8 Å².